The van der Waals surface area contributed by atoms with Crippen molar-refractivity contribution in [2.75, 3.05) is 5.32 Å². The molecule has 0 aromatic heterocycles. The zero-order valence-corrected chi connectivity index (χ0v) is 9.69. The van der Waals surface area contributed by atoms with Crippen LogP contribution < -0.4 is 5.32 Å². The summed E-state index contributed by atoms with van der Waals surface area (Å²) in [4.78, 5) is 0. The van der Waals surface area contributed by atoms with Crippen molar-refractivity contribution in [3.05, 3.63) is 29.6 Å². The summed E-state index contributed by atoms with van der Waals surface area (Å²) in [5.74, 6) is -0.149. The van der Waals surface area contributed by atoms with Crippen LogP contribution >= 0.6 is 0 Å². The molecule has 1 N–H and O–H groups in total. The van der Waals surface area contributed by atoms with Gasteiger partial charge in [-0.15, -0.1) is 0 Å². The van der Waals surface area contributed by atoms with Gasteiger partial charge >= 0.3 is 0 Å². The topological polar surface area (TPSA) is 12.0 Å². The van der Waals surface area contributed by atoms with Crippen molar-refractivity contribution in [2.45, 2.75) is 40.7 Å². The summed E-state index contributed by atoms with van der Waals surface area (Å²) in [6.07, 6.45) is 0. The van der Waals surface area contributed by atoms with Crippen LogP contribution in [0.3, 0.4) is 0 Å². The van der Waals surface area contributed by atoms with Gasteiger partial charge < -0.3 is 5.32 Å². The molecule has 1 aromatic rings. The van der Waals surface area contributed by atoms with E-state index in [9.17, 15) is 4.39 Å². The molecule has 0 bridgehead atoms. The summed E-state index contributed by atoms with van der Waals surface area (Å²) >= 11 is 0. The highest BCUT2D eigenvalue weighted by Crippen LogP contribution is 2.14. The van der Waals surface area contributed by atoms with Crippen molar-refractivity contribution in [3.8, 4) is 0 Å². The lowest BCUT2D eigenvalue weighted by Gasteiger charge is -2.10. The van der Waals surface area contributed by atoms with Gasteiger partial charge in [0.2, 0.25) is 0 Å². The van der Waals surface area contributed by atoms with Crippen molar-refractivity contribution < 1.29 is 4.39 Å². The third-order valence-electron chi connectivity index (χ3n) is 1.61. The summed E-state index contributed by atoms with van der Waals surface area (Å²) in [7, 11) is 0. The van der Waals surface area contributed by atoms with Crippen LogP contribution in [0.4, 0.5) is 10.1 Å². The van der Waals surface area contributed by atoms with Crippen LogP contribution in [0.15, 0.2) is 18.2 Å². The predicted octanol–water partition coefficient (Wildman–Crippen LogP) is 3.98. The SMILES string of the molecule is CC.Cc1cc(NC(C)C)ccc1F. The summed E-state index contributed by atoms with van der Waals surface area (Å²) in [5, 5.41) is 3.21. The minimum atomic E-state index is -0.149. The fourth-order valence-corrected chi connectivity index (χ4v) is 1.07. The van der Waals surface area contributed by atoms with E-state index < -0.39 is 0 Å². The molecule has 0 aliphatic rings. The number of hydrogen-bond acceptors (Lipinski definition) is 1. The Hall–Kier alpha value is -1.05. The molecule has 0 heterocycles. The van der Waals surface area contributed by atoms with Crippen LogP contribution in [0.5, 0.6) is 0 Å². The van der Waals surface area contributed by atoms with Gasteiger partial charge in [-0.05, 0) is 44.5 Å². The number of nitrogens with one attached hydrogen (secondary N) is 1. The average molecular weight is 197 g/mol. The minimum Gasteiger partial charge on any atom is -0.383 e. The maximum absolute atomic E-state index is 12.8. The third kappa shape index (κ3) is 4.26. The molecule has 2 heteroatoms. The number of halogens is 1. The Morgan fingerprint density at radius 2 is 1.79 bits per heavy atom. The molecule has 80 valence electrons. The molecule has 0 radical (unpaired) electrons. The van der Waals surface area contributed by atoms with E-state index in [1.807, 2.05) is 19.9 Å². The van der Waals surface area contributed by atoms with E-state index in [0.29, 0.717) is 11.6 Å². The molecule has 0 fully saturated rings. The lowest BCUT2D eigenvalue weighted by atomic mass is 10.2. The zero-order chi connectivity index (χ0) is 11.1. The van der Waals surface area contributed by atoms with E-state index in [0.717, 1.165) is 5.69 Å². The number of rotatable bonds is 2. The molecule has 1 rings (SSSR count). The number of aryl methyl sites for hydroxylation is 1. The van der Waals surface area contributed by atoms with Gasteiger partial charge in [0.25, 0.3) is 0 Å². The first-order valence-electron chi connectivity index (χ1n) is 5.12. The van der Waals surface area contributed by atoms with E-state index in [-0.39, 0.29) is 5.82 Å². The summed E-state index contributed by atoms with van der Waals surface area (Å²) in [5.41, 5.74) is 1.66. The highest BCUT2D eigenvalue weighted by atomic mass is 19.1. The van der Waals surface area contributed by atoms with Crippen LogP contribution in [0.25, 0.3) is 0 Å². The number of benzene rings is 1. The highest BCUT2D eigenvalue weighted by Gasteiger charge is 1.99. The second-order valence-corrected chi connectivity index (χ2v) is 3.26. The van der Waals surface area contributed by atoms with Gasteiger partial charge in [-0.3, -0.25) is 0 Å². The maximum Gasteiger partial charge on any atom is 0.126 e. The first-order valence-corrected chi connectivity index (χ1v) is 5.12. The number of anilines is 1. The Kier molecular flexibility index (Phi) is 5.93. The predicted molar refractivity (Wildman–Crippen MR) is 61.2 cm³/mol. The van der Waals surface area contributed by atoms with E-state index in [2.05, 4.69) is 19.2 Å². The lowest BCUT2D eigenvalue weighted by molar-refractivity contribution is 0.618. The molecule has 0 saturated heterocycles. The monoisotopic (exact) mass is 197 g/mol. The largest absolute Gasteiger partial charge is 0.383 e. The molecule has 0 unspecified atom stereocenters. The fourth-order valence-electron chi connectivity index (χ4n) is 1.07. The van der Waals surface area contributed by atoms with E-state index in [4.69, 9.17) is 0 Å². The summed E-state index contributed by atoms with van der Waals surface area (Å²) in [6, 6.07) is 5.44. The second kappa shape index (κ2) is 6.41. The van der Waals surface area contributed by atoms with E-state index in [1.54, 1.807) is 13.0 Å². The van der Waals surface area contributed by atoms with Gasteiger partial charge in [-0.1, -0.05) is 13.8 Å². The van der Waals surface area contributed by atoms with Crippen LogP contribution in [-0.4, -0.2) is 6.04 Å². The third-order valence-corrected chi connectivity index (χ3v) is 1.61. The molecular weight excluding hydrogens is 177 g/mol. The first-order chi connectivity index (χ1) is 6.59. The molecule has 0 amide bonds. The van der Waals surface area contributed by atoms with E-state index in [1.165, 1.54) is 6.07 Å². The molecular formula is C12H20FN. The summed E-state index contributed by atoms with van der Waals surface area (Å²) < 4.78 is 12.8. The Morgan fingerprint density at radius 1 is 1.21 bits per heavy atom. The first kappa shape index (κ1) is 12.9. The normalized spacial score (nSPS) is 9.36. The van der Waals surface area contributed by atoms with Gasteiger partial charge in [0.05, 0.1) is 0 Å². The van der Waals surface area contributed by atoms with Gasteiger partial charge in [-0.2, -0.15) is 0 Å². The molecule has 1 aromatic carbocycles. The average Bonchev–Trinajstić information content (AvgIpc) is 2.14. The van der Waals surface area contributed by atoms with E-state index >= 15 is 0 Å². The second-order valence-electron chi connectivity index (χ2n) is 3.26. The molecule has 0 saturated carbocycles. The van der Waals surface area contributed by atoms with Crippen LogP contribution in [0, 0.1) is 12.7 Å². The van der Waals surface area contributed by atoms with Gasteiger partial charge in [0.15, 0.2) is 0 Å². The Bertz CT molecular complexity index is 269. The fraction of sp³-hybridized carbons (Fsp3) is 0.500. The molecule has 14 heavy (non-hydrogen) atoms. The van der Waals surface area contributed by atoms with Crippen LogP contribution in [-0.2, 0) is 0 Å². The zero-order valence-electron chi connectivity index (χ0n) is 9.69. The molecule has 0 aliphatic carbocycles. The van der Waals surface area contributed by atoms with Gasteiger partial charge in [0.1, 0.15) is 5.82 Å². The van der Waals surface area contributed by atoms with Gasteiger partial charge in [0, 0.05) is 11.7 Å². The summed E-state index contributed by atoms with van der Waals surface area (Å²) in [6.45, 7) is 9.87. The Balaban J connectivity index is 0.000000791. The smallest absolute Gasteiger partial charge is 0.126 e. The highest BCUT2D eigenvalue weighted by molar-refractivity contribution is 5.46. The van der Waals surface area contributed by atoms with Crippen molar-refractivity contribution in [1.82, 2.24) is 0 Å². The van der Waals surface area contributed by atoms with Crippen molar-refractivity contribution in [1.29, 1.82) is 0 Å². The Labute approximate surface area is 86.3 Å². The van der Waals surface area contributed by atoms with Crippen molar-refractivity contribution in [2.24, 2.45) is 0 Å². The molecule has 0 aliphatic heterocycles. The van der Waals surface area contributed by atoms with Crippen LogP contribution in [0.2, 0.25) is 0 Å². The maximum atomic E-state index is 12.8. The quantitative estimate of drug-likeness (QED) is 0.756. The Morgan fingerprint density at radius 3 is 2.21 bits per heavy atom. The standard InChI is InChI=1S/C10H14FN.C2H6/c1-7(2)12-9-4-5-10(11)8(3)6-9;1-2/h4-7,12H,1-3H3;1-2H3. The van der Waals surface area contributed by atoms with Gasteiger partial charge in [-0.25, -0.2) is 4.39 Å². The lowest BCUT2D eigenvalue weighted by Crippen LogP contribution is -2.09. The minimum absolute atomic E-state index is 0.149. The van der Waals surface area contributed by atoms with Crippen LogP contribution in [0.1, 0.15) is 33.3 Å². The number of hydrogen-bond donors (Lipinski definition) is 1. The molecule has 0 spiro atoms. The molecule has 0 atom stereocenters. The molecule has 1 nitrogen and oxygen atoms in total. The van der Waals surface area contributed by atoms with Crippen molar-refractivity contribution in [3.63, 3.8) is 0 Å². The van der Waals surface area contributed by atoms with Crippen molar-refractivity contribution >= 4 is 5.69 Å².